The van der Waals surface area contributed by atoms with Crippen LogP contribution in [0.4, 0.5) is 10.5 Å². The van der Waals surface area contributed by atoms with E-state index in [2.05, 4.69) is 10.6 Å². The molecule has 3 aromatic carbocycles. The fourth-order valence-corrected chi connectivity index (χ4v) is 3.68. The molecular weight excluding hydrogens is 470 g/mol. The van der Waals surface area contributed by atoms with Crippen LogP contribution in [-0.2, 0) is 20.9 Å². The first-order valence-electron chi connectivity index (χ1n) is 10.8. The number of anilines is 1. The van der Waals surface area contributed by atoms with Gasteiger partial charge in [-0.2, -0.15) is 0 Å². The minimum atomic E-state index is -1.20. The quantitative estimate of drug-likeness (QED) is 0.380. The van der Waals surface area contributed by atoms with Gasteiger partial charge in [0.05, 0.1) is 18.7 Å². The Bertz CT molecular complexity index is 1260. The second-order valence-corrected chi connectivity index (χ2v) is 8.39. The summed E-state index contributed by atoms with van der Waals surface area (Å²) in [5.41, 5.74) is 2.74. The van der Waals surface area contributed by atoms with Crippen molar-refractivity contribution in [3.63, 3.8) is 0 Å². The minimum Gasteiger partial charge on any atom is -0.444 e. The molecular formula is C26H22ClN3O5. The normalized spacial score (nSPS) is 13.8. The molecule has 4 rings (SSSR count). The summed E-state index contributed by atoms with van der Waals surface area (Å²) in [5.74, 6) is -1.54. The molecule has 35 heavy (non-hydrogen) atoms. The Labute approximate surface area is 206 Å². The third-order valence-corrected chi connectivity index (χ3v) is 5.88. The van der Waals surface area contributed by atoms with Gasteiger partial charge >= 0.3 is 12.0 Å². The van der Waals surface area contributed by atoms with E-state index in [9.17, 15) is 19.2 Å². The van der Waals surface area contributed by atoms with Crippen LogP contribution >= 0.6 is 11.6 Å². The second-order valence-electron chi connectivity index (χ2n) is 7.98. The molecule has 0 bridgehead atoms. The van der Waals surface area contributed by atoms with Crippen molar-refractivity contribution in [2.45, 2.75) is 19.6 Å². The van der Waals surface area contributed by atoms with Crippen molar-refractivity contribution in [1.82, 2.24) is 10.2 Å². The van der Waals surface area contributed by atoms with Gasteiger partial charge in [0.1, 0.15) is 0 Å². The van der Waals surface area contributed by atoms with Gasteiger partial charge in [-0.1, -0.05) is 60.1 Å². The monoisotopic (exact) mass is 491 g/mol. The molecule has 1 aliphatic rings. The van der Waals surface area contributed by atoms with E-state index in [1.54, 1.807) is 60.7 Å². The molecule has 0 aliphatic carbocycles. The number of hydrogen-bond donors (Lipinski definition) is 2. The predicted octanol–water partition coefficient (Wildman–Crippen LogP) is 4.24. The lowest BCUT2D eigenvalue weighted by Gasteiger charge is -2.19. The summed E-state index contributed by atoms with van der Waals surface area (Å²) >= 11 is 6.16. The highest BCUT2D eigenvalue weighted by molar-refractivity contribution is 6.31. The molecule has 0 saturated carbocycles. The van der Waals surface area contributed by atoms with E-state index < -0.39 is 24.0 Å². The number of rotatable bonds is 7. The van der Waals surface area contributed by atoms with Crippen molar-refractivity contribution in [3.05, 3.63) is 100 Å². The van der Waals surface area contributed by atoms with Crippen molar-refractivity contribution in [2.24, 2.45) is 0 Å². The van der Waals surface area contributed by atoms with Crippen LogP contribution in [0.25, 0.3) is 0 Å². The first kappa shape index (κ1) is 24.0. The fourth-order valence-electron chi connectivity index (χ4n) is 3.50. The van der Waals surface area contributed by atoms with E-state index in [1.807, 2.05) is 6.92 Å². The van der Waals surface area contributed by atoms with E-state index >= 15 is 0 Å². The highest BCUT2D eigenvalue weighted by Gasteiger charge is 2.29. The average molecular weight is 492 g/mol. The standard InChI is InChI=1S/C26H22ClN3O5/c1-16-7-12-20(13-21(16)27)29-24(32)23(18-5-3-2-4-6-18)35-25(33)19-10-8-17(9-11-19)15-30-22(31)14-28-26(30)34/h2-13,23H,14-15H2,1H3,(H,28,34)(H,29,32). The minimum absolute atomic E-state index is 0.0268. The summed E-state index contributed by atoms with van der Waals surface area (Å²) in [6.45, 7) is 1.92. The molecule has 1 saturated heterocycles. The Morgan fingerprint density at radius 2 is 1.77 bits per heavy atom. The predicted molar refractivity (Wildman–Crippen MR) is 130 cm³/mol. The first-order valence-corrected chi connectivity index (χ1v) is 11.2. The lowest BCUT2D eigenvalue weighted by molar-refractivity contribution is -0.125. The highest BCUT2D eigenvalue weighted by Crippen LogP contribution is 2.24. The summed E-state index contributed by atoms with van der Waals surface area (Å²) in [6.07, 6.45) is -1.20. The maximum absolute atomic E-state index is 13.1. The summed E-state index contributed by atoms with van der Waals surface area (Å²) in [7, 11) is 0. The fraction of sp³-hybridized carbons (Fsp3) is 0.154. The number of carbonyl (C=O) groups is 4. The number of carbonyl (C=O) groups excluding carboxylic acids is 4. The molecule has 178 valence electrons. The van der Waals surface area contributed by atoms with Crippen molar-refractivity contribution >= 4 is 41.1 Å². The van der Waals surface area contributed by atoms with E-state index in [-0.39, 0.29) is 24.6 Å². The maximum Gasteiger partial charge on any atom is 0.339 e. The Kier molecular flexibility index (Phi) is 7.12. The van der Waals surface area contributed by atoms with E-state index in [1.165, 1.54) is 12.1 Å². The number of benzene rings is 3. The zero-order valence-corrected chi connectivity index (χ0v) is 19.5. The number of nitrogens with zero attached hydrogens (tertiary/aromatic N) is 1. The number of imide groups is 1. The van der Waals surface area contributed by atoms with Crippen LogP contribution < -0.4 is 10.6 Å². The molecule has 4 amide bonds. The maximum atomic E-state index is 13.1. The molecule has 3 aromatic rings. The van der Waals surface area contributed by atoms with Crippen LogP contribution in [0.2, 0.25) is 5.02 Å². The van der Waals surface area contributed by atoms with Crippen LogP contribution in [0.5, 0.6) is 0 Å². The number of halogens is 1. The van der Waals surface area contributed by atoms with Crippen LogP contribution in [0, 0.1) is 6.92 Å². The first-order chi connectivity index (χ1) is 16.8. The second kappa shape index (κ2) is 10.4. The molecule has 1 fully saturated rings. The number of aryl methyl sites for hydroxylation is 1. The zero-order valence-electron chi connectivity index (χ0n) is 18.8. The van der Waals surface area contributed by atoms with Crippen molar-refractivity contribution in [2.75, 3.05) is 11.9 Å². The SMILES string of the molecule is Cc1ccc(NC(=O)C(OC(=O)c2ccc(CN3C(=O)CNC3=O)cc2)c2ccccc2)cc1Cl. The summed E-state index contributed by atoms with van der Waals surface area (Å²) < 4.78 is 5.61. The number of hydrogen-bond acceptors (Lipinski definition) is 5. The van der Waals surface area contributed by atoms with Crippen LogP contribution in [-0.4, -0.2) is 35.3 Å². The average Bonchev–Trinajstić information content (AvgIpc) is 3.17. The summed E-state index contributed by atoms with van der Waals surface area (Å²) in [6, 6.07) is 19.6. The largest absolute Gasteiger partial charge is 0.444 e. The van der Waals surface area contributed by atoms with Gasteiger partial charge in [-0.25, -0.2) is 9.59 Å². The molecule has 1 atom stereocenters. The van der Waals surface area contributed by atoms with E-state index in [0.717, 1.165) is 10.5 Å². The van der Waals surface area contributed by atoms with Gasteiger partial charge in [-0.05, 0) is 42.3 Å². The van der Waals surface area contributed by atoms with E-state index in [0.29, 0.717) is 21.8 Å². The molecule has 1 heterocycles. The summed E-state index contributed by atoms with van der Waals surface area (Å²) in [4.78, 5) is 50.6. The number of nitrogens with one attached hydrogen (secondary N) is 2. The topological polar surface area (TPSA) is 105 Å². The Hall–Kier alpha value is -4.17. The molecule has 1 aliphatic heterocycles. The van der Waals surface area contributed by atoms with Crippen molar-refractivity contribution in [3.8, 4) is 0 Å². The number of amides is 4. The number of urea groups is 1. The molecule has 0 radical (unpaired) electrons. The van der Waals surface area contributed by atoms with Crippen LogP contribution in [0.15, 0.2) is 72.8 Å². The highest BCUT2D eigenvalue weighted by atomic mass is 35.5. The van der Waals surface area contributed by atoms with Gasteiger partial charge in [-0.3, -0.25) is 14.5 Å². The molecule has 0 aromatic heterocycles. The Morgan fingerprint density at radius 3 is 2.40 bits per heavy atom. The van der Waals surface area contributed by atoms with Gasteiger partial charge in [0.25, 0.3) is 5.91 Å². The molecule has 1 unspecified atom stereocenters. The van der Waals surface area contributed by atoms with E-state index in [4.69, 9.17) is 16.3 Å². The van der Waals surface area contributed by atoms with Crippen LogP contribution in [0.3, 0.4) is 0 Å². The van der Waals surface area contributed by atoms with Crippen LogP contribution in [0.1, 0.15) is 33.2 Å². The number of esters is 1. The smallest absolute Gasteiger partial charge is 0.339 e. The van der Waals surface area contributed by atoms with Gasteiger partial charge in [0.2, 0.25) is 12.0 Å². The third-order valence-electron chi connectivity index (χ3n) is 5.47. The molecule has 0 spiro atoms. The zero-order chi connectivity index (χ0) is 24.9. The van der Waals surface area contributed by atoms with Crippen molar-refractivity contribution in [1.29, 1.82) is 0 Å². The Balaban J connectivity index is 1.49. The van der Waals surface area contributed by atoms with Crippen molar-refractivity contribution < 1.29 is 23.9 Å². The molecule has 9 heteroatoms. The lowest BCUT2D eigenvalue weighted by atomic mass is 10.1. The van der Waals surface area contributed by atoms with Gasteiger partial charge in [0.15, 0.2) is 0 Å². The lowest BCUT2D eigenvalue weighted by Crippen LogP contribution is -2.30. The number of ether oxygens (including phenoxy) is 1. The summed E-state index contributed by atoms with van der Waals surface area (Å²) in [5, 5.41) is 5.71. The Morgan fingerprint density at radius 1 is 1.06 bits per heavy atom. The third kappa shape index (κ3) is 5.67. The molecule has 8 nitrogen and oxygen atoms in total. The van der Waals surface area contributed by atoms with Gasteiger partial charge in [0, 0.05) is 16.3 Å². The van der Waals surface area contributed by atoms with Gasteiger partial charge in [-0.15, -0.1) is 0 Å². The molecule has 2 N–H and O–H groups in total. The van der Waals surface area contributed by atoms with Gasteiger partial charge < -0.3 is 15.4 Å².